The van der Waals surface area contributed by atoms with Gasteiger partial charge in [-0.3, -0.25) is 4.79 Å². The second kappa shape index (κ2) is 8.61. The Labute approximate surface area is 182 Å². The second-order valence-electron chi connectivity index (χ2n) is 6.68. The van der Waals surface area contributed by atoms with E-state index in [4.69, 9.17) is 32.4 Å². The van der Waals surface area contributed by atoms with E-state index in [1.807, 2.05) is 13.8 Å². The molecule has 152 valence electrons. The van der Waals surface area contributed by atoms with Gasteiger partial charge in [-0.25, -0.2) is 4.79 Å². The van der Waals surface area contributed by atoms with Crippen molar-refractivity contribution in [2.45, 2.75) is 33.8 Å². The molecule has 2 heterocycles. The van der Waals surface area contributed by atoms with Crippen molar-refractivity contribution in [3.63, 3.8) is 0 Å². The summed E-state index contributed by atoms with van der Waals surface area (Å²) in [4.78, 5) is 26.1. The van der Waals surface area contributed by atoms with Gasteiger partial charge in [0, 0.05) is 15.5 Å². The van der Waals surface area contributed by atoms with Crippen LogP contribution < -0.4 is 5.32 Å². The molecule has 1 aromatic carbocycles. The summed E-state index contributed by atoms with van der Waals surface area (Å²) in [6, 6.07) is 8.22. The molecule has 3 aromatic rings. The molecule has 8 heteroatoms. The first-order chi connectivity index (χ1) is 13.7. The summed E-state index contributed by atoms with van der Waals surface area (Å²) in [5.74, 6) is -0.404. The Kier molecular flexibility index (Phi) is 6.36. The highest BCUT2D eigenvalue weighted by atomic mass is 35.5. The first-order valence-corrected chi connectivity index (χ1v) is 10.4. The average molecular weight is 452 g/mol. The molecule has 0 aliphatic rings. The van der Waals surface area contributed by atoms with Crippen molar-refractivity contribution in [3.8, 4) is 11.3 Å². The van der Waals surface area contributed by atoms with E-state index in [1.165, 1.54) is 11.3 Å². The SMILES string of the molecule is Cc1sc(NC(=O)c2ccc(-c3ccc(Cl)cc3Cl)o2)c(C(=O)OC(C)C)c1C. The maximum Gasteiger partial charge on any atom is 0.341 e. The van der Waals surface area contributed by atoms with Gasteiger partial charge >= 0.3 is 5.97 Å². The number of anilines is 1. The van der Waals surface area contributed by atoms with Gasteiger partial charge < -0.3 is 14.5 Å². The Morgan fingerprint density at radius 3 is 2.52 bits per heavy atom. The minimum absolute atomic E-state index is 0.0953. The highest BCUT2D eigenvalue weighted by Crippen LogP contribution is 2.35. The van der Waals surface area contributed by atoms with Crippen LogP contribution >= 0.6 is 34.5 Å². The van der Waals surface area contributed by atoms with Gasteiger partial charge in [0.05, 0.1) is 16.7 Å². The van der Waals surface area contributed by atoms with Crippen molar-refractivity contribution >= 4 is 51.4 Å². The third-order valence-corrected chi connectivity index (χ3v) is 5.86. The van der Waals surface area contributed by atoms with Gasteiger partial charge in [-0.15, -0.1) is 11.3 Å². The first kappa shape index (κ1) is 21.4. The Morgan fingerprint density at radius 2 is 1.86 bits per heavy atom. The van der Waals surface area contributed by atoms with Crippen LogP contribution in [0, 0.1) is 13.8 Å². The summed E-state index contributed by atoms with van der Waals surface area (Å²) in [6.45, 7) is 7.26. The molecule has 0 bridgehead atoms. The number of furan rings is 1. The number of benzene rings is 1. The van der Waals surface area contributed by atoms with Crippen molar-refractivity contribution in [3.05, 3.63) is 62.1 Å². The number of thiophene rings is 1. The van der Waals surface area contributed by atoms with Gasteiger partial charge in [0.25, 0.3) is 5.91 Å². The molecular weight excluding hydrogens is 433 g/mol. The van der Waals surface area contributed by atoms with Crippen LogP contribution in [0.25, 0.3) is 11.3 Å². The van der Waals surface area contributed by atoms with Gasteiger partial charge in [0.15, 0.2) is 5.76 Å². The van der Waals surface area contributed by atoms with E-state index >= 15 is 0 Å². The highest BCUT2D eigenvalue weighted by molar-refractivity contribution is 7.16. The predicted molar refractivity (Wildman–Crippen MR) is 116 cm³/mol. The van der Waals surface area contributed by atoms with Gasteiger partial charge in [0.1, 0.15) is 10.8 Å². The van der Waals surface area contributed by atoms with Crippen LogP contribution in [-0.2, 0) is 4.74 Å². The van der Waals surface area contributed by atoms with E-state index in [9.17, 15) is 9.59 Å². The molecular formula is C21H19Cl2NO4S. The third kappa shape index (κ3) is 4.66. The van der Waals surface area contributed by atoms with Crippen molar-refractivity contribution in [2.75, 3.05) is 5.32 Å². The number of halogens is 2. The Morgan fingerprint density at radius 1 is 1.14 bits per heavy atom. The van der Waals surface area contributed by atoms with Crippen LogP contribution in [0.4, 0.5) is 5.00 Å². The summed E-state index contributed by atoms with van der Waals surface area (Å²) in [7, 11) is 0. The molecule has 5 nitrogen and oxygen atoms in total. The Hall–Kier alpha value is -2.28. The molecule has 0 aliphatic heterocycles. The molecule has 2 aromatic heterocycles. The zero-order chi connectivity index (χ0) is 21.3. The van der Waals surface area contributed by atoms with Gasteiger partial charge in [-0.05, 0) is 63.6 Å². The predicted octanol–water partition coefficient (Wildman–Crippen LogP) is 6.75. The number of hydrogen-bond donors (Lipinski definition) is 1. The maximum absolute atomic E-state index is 12.7. The van der Waals surface area contributed by atoms with Crippen LogP contribution in [-0.4, -0.2) is 18.0 Å². The minimum atomic E-state index is -0.471. The van der Waals surface area contributed by atoms with Crippen LogP contribution in [0.1, 0.15) is 45.2 Å². The van der Waals surface area contributed by atoms with E-state index in [1.54, 1.807) is 44.2 Å². The molecule has 0 unspecified atom stereocenters. The molecule has 1 amide bonds. The summed E-state index contributed by atoms with van der Waals surface area (Å²) in [6.07, 6.45) is -0.262. The van der Waals surface area contributed by atoms with Gasteiger partial charge in [-0.2, -0.15) is 0 Å². The number of amides is 1. The molecule has 0 saturated heterocycles. The van der Waals surface area contributed by atoms with Crippen molar-refractivity contribution < 1.29 is 18.7 Å². The number of rotatable bonds is 5. The van der Waals surface area contributed by atoms with E-state index < -0.39 is 11.9 Å². The zero-order valence-electron chi connectivity index (χ0n) is 16.3. The Bertz CT molecular complexity index is 1080. The van der Waals surface area contributed by atoms with Gasteiger partial charge in [0.2, 0.25) is 0 Å². The van der Waals surface area contributed by atoms with E-state index in [-0.39, 0.29) is 11.9 Å². The lowest BCUT2D eigenvalue weighted by molar-refractivity contribution is 0.0379. The summed E-state index contributed by atoms with van der Waals surface area (Å²) >= 11 is 13.4. The number of nitrogens with one attached hydrogen (secondary N) is 1. The maximum atomic E-state index is 12.7. The van der Waals surface area contributed by atoms with E-state index in [0.717, 1.165) is 10.4 Å². The molecule has 1 N–H and O–H groups in total. The number of carbonyl (C=O) groups excluding carboxylic acids is 2. The fraction of sp³-hybridized carbons (Fsp3) is 0.238. The number of hydrogen-bond acceptors (Lipinski definition) is 5. The fourth-order valence-corrected chi connectivity index (χ4v) is 4.24. The summed E-state index contributed by atoms with van der Waals surface area (Å²) in [5, 5.41) is 4.12. The number of carbonyl (C=O) groups is 2. The smallest absolute Gasteiger partial charge is 0.341 e. The average Bonchev–Trinajstić information content (AvgIpc) is 3.20. The van der Waals surface area contributed by atoms with Crippen LogP contribution in [0.15, 0.2) is 34.7 Å². The standard InChI is InChI=1S/C21H19Cl2NO4S/c1-10(2)27-21(26)18-11(3)12(4)29-20(18)24-19(25)17-8-7-16(28-17)14-6-5-13(22)9-15(14)23/h5-10H,1-4H3,(H,24,25). The molecule has 3 rings (SSSR count). The summed E-state index contributed by atoms with van der Waals surface area (Å²) < 4.78 is 11.0. The van der Waals surface area contributed by atoms with Crippen LogP contribution in [0.2, 0.25) is 10.0 Å². The lowest BCUT2D eigenvalue weighted by Gasteiger charge is -2.10. The number of esters is 1. The van der Waals surface area contributed by atoms with Gasteiger partial charge in [-0.1, -0.05) is 23.2 Å². The summed E-state index contributed by atoms with van der Waals surface area (Å²) in [5.41, 5.74) is 1.77. The third-order valence-electron chi connectivity index (χ3n) is 4.19. The lowest BCUT2D eigenvalue weighted by atomic mass is 10.1. The second-order valence-corrected chi connectivity index (χ2v) is 8.75. The number of ether oxygens (including phenoxy) is 1. The largest absolute Gasteiger partial charge is 0.459 e. The van der Waals surface area contributed by atoms with Crippen LogP contribution in [0.5, 0.6) is 0 Å². The molecule has 0 radical (unpaired) electrons. The molecule has 0 spiro atoms. The minimum Gasteiger partial charge on any atom is -0.459 e. The lowest BCUT2D eigenvalue weighted by Crippen LogP contribution is -2.16. The number of aryl methyl sites for hydroxylation is 1. The first-order valence-electron chi connectivity index (χ1n) is 8.85. The molecule has 0 saturated carbocycles. The zero-order valence-corrected chi connectivity index (χ0v) is 18.6. The van der Waals surface area contributed by atoms with E-state index in [0.29, 0.717) is 31.9 Å². The Balaban J connectivity index is 1.86. The van der Waals surface area contributed by atoms with Crippen molar-refractivity contribution in [1.82, 2.24) is 0 Å². The molecule has 0 atom stereocenters. The highest BCUT2D eigenvalue weighted by Gasteiger charge is 2.24. The van der Waals surface area contributed by atoms with Crippen molar-refractivity contribution in [1.29, 1.82) is 0 Å². The van der Waals surface area contributed by atoms with Crippen molar-refractivity contribution in [2.24, 2.45) is 0 Å². The molecule has 29 heavy (non-hydrogen) atoms. The quantitative estimate of drug-likeness (QED) is 0.435. The van der Waals surface area contributed by atoms with Crippen LogP contribution in [0.3, 0.4) is 0 Å². The topological polar surface area (TPSA) is 68.5 Å². The monoisotopic (exact) mass is 451 g/mol. The fourth-order valence-electron chi connectivity index (χ4n) is 2.69. The van der Waals surface area contributed by atoms with E-state index in [2.05, 4.69) is 5.32 Å². The molecule has 0 fully saturated rings. The molecule has 0 aliphatic carbocycles. The normalized spacial score (nSPS) is 11.0.